The molecule has 4 rings (SSSR count). The fraction of sp³-hybridized carbons (Fsp3) is 0.125. The largest absolute Gasteiger partial charge is 0.253 e. The van der Waals surface area contributed by atoms with Crippen molar-refractivity contribution in [3.05, 3.63) is 102 Å². The van der Waals surface area contributed by atoms with Crippen molar-refractivity contribution in [3.8, 4) is 11.1 Å². The van der Waals surface area contributed by atoms with Crippen LogP contribution >= 0.6 is 0 Å². The molecule has 3 aromatic carbocycles. The molecule has 0 aliphatic rings. The molecule has 0 bridgehead atoms. The third-order valence-corrected chi connectivity index (χ3v) is 4.63. The van der Waals surface area contributed by atoms with Crippen LogP contribution < -0.4 is 0 Å². The van der Waals surface area contributed by atoms with Gasteiger partial charge in [-0.2, -0.15) is 0 Å². The molecular weight excluding hydrogens is 302 g/mol. The lowest BCUT2D eigenvalue weighted by Crippen LogP contribution is -1.94. The van der Waals surface area contributed by atoms with E-state index in [1.165, 1.54) is 27.6 Å². The average molecular weight is 323 g/mol. The summed E-state index contributed by atoms with van der Waals surface area (Å²) in [6, 6.07) is 30.1. The minimum atomic E-state index is 1.04. The van der Waals surface area contributed by atoms with Gasteiger partial charge in [0.2, 0.25) is 0 Å². The summed E-state index contributed by atoms with van der Waals surface area (Å²) < 4.78 is 0. The van der Waals surface area contributed by atoms with Crippen LogP contribution in [0.3, 0.4) is 0 Å². The molecule has 0 unspecified atom stereocenters. The Bertz CT molecular complexity index is 988. The zero-order valence-electron chi connectivity index (χ0n) is 14.4. The van der Waals surface area contributed by atoms with Gasteiger partial charge in [0.05, 0.1) is 5.52 Å². The average Bonchev–Trinajstić information content (AvgIpc) is 2.67. The van der Waals surface area contributed by atoms with Crippen molar-refractivity contribution >= 4 is 10.9 Å². The first-order chi connectivity index (χ1) is 12.3. The van der Waals surface area contributed by atoms with Gasteiger partial charge in [0.25, 0.3) is 0 Å². The van der Waals surface area contributed by atoms with Gasteiger partial charge in [-0.3, -0.25) is 4.98 Å². The third-order valence-electron chi connectivity index (χ3n) is 4.63. The lowest BCUT2D eigenvalue weighted by Gasteiger charge is -2.10. The Balaban J connectivity index is 1.73. The molecule has 0 fully saturated rings. The molecular formula is C24H21N. The predicted molar refractivity (Wildman–Crippen MR) is 106 cm³/mol. The molecule has 0 saturated heterocycles. The Morgan fingerprint density at radius 2 is 1.36 bits per heavy atom. The number of aryl methyl sites for hydroxylation is 3. The predicted octanol–water partition coefficient (Wildman–Crippen LogP) is 6.00. The van der Waals surface area contributed by atoms with E-state index in [4.69, 9.17) is 4.98 Å². The van der Waals surface area contributed by atoms with Gasteiger partial charge in [0.1, 0.15) is 0 Å². The summed E-state index contributed by atoms with van der Waals surface area (Å²) in [5, 5.41) is 1.24. The van der Waals surface area contributed by atoms with Crippen LogP contribution in [-0.2, 0) is 12.8 Å². The van der Waals surface area contributed by atoms with Crippen LogP contribution in [-0.4, -0.2) is 4.98 Å². The van der Waals surface area contributed by atoms with Crippen LogP contribution in [0.15, 0.2) is 84.9 Å². The van der Waals surface area contributed by atoms with Crippen molar-refractivity contribution < 1.29 is 0 Å². The molecule has 1 heteroatoms. The smallest absolute Gasteiger partial charge is 0.0711 e. The van der Waals surface area contributed by atoms with E-state index in [2.05, 4.69) is 91.9 Å². The van der Waals surface area contributed by atoms with Gasteiger partial charge in [0.15, 0.2) is 0 Å². The van der Waals surface area contributed by atoms with Crippen LogP contribution in [0.4, 0.5) is 0 Å². The van der Waals surface area contributed by atoms with Crippen LogP contribution in [0, 0.1) is 6.92 Å². The maximum absolute atomic E-state index is 4.72. The number of benzene rings is 3. The summed E-state index contributed by atoms with van der Waals surface area (Å²) in [7, 11) is 0. The maximum Gasteiger partial charge on any atom is 0.0711 e. The van der Waals surface area contributed by atoms with Gasteiger partial charge in [0, 0.05) is 11.1 Å². The molecule has 0 N–H and O–H groups in total. The van der Waals surface area contributed by atoms with Gasteiger partial charge in [-0.1, -0.05) is 66.7 Å². The summed E-state index contributed by atoms with van der Waals surface area (Å²) >= 11 is 0. The summed E-state index contributed by atoms with van der Waals surface area (Å²) in [6.45, 7) is 2.06. The molecule has 122 valence electrons. The van der Waals surface area contributed by atoms with Crippen LogP contribution in [0.2, 0.25) is 0 Å². The van der Waals surface area contributed by atoms with Crippen LogP contribution in [0.25, 0.3) is 22.0 Å². The normalized spacial score (nSPS) is 10.9. The Hall–Kier alpha value is -2.93. The van der Waals surface area contributed by atoms with Crippen molar-refractivity contribution in [2.75, 3.05) is 0 Å². The molecule has 0 radical (unpaired) electrons. The van der Waals surface area contributed by atoms with Crippen LogP contribution in [0.5, 0.6) is 0 Å². The molecule has 25 heavy (non-hydrogen) atoms. The summed E-state index contributed by atoms with van der Waals surface area (Å²) in [5.74, 6) is 0. The Morgan fingerprint density at radius 3 is 2.12 bits per heavy atom. The topological polar surface area (TPSA) is 12.9 Å². The zero-order valence-corrected chi connectivity index (χ0v) is 14.4. The molecule has 1 heterocycles. The van der Waals surface area contributed by atoms with E-state index in [0.29, 0.717) is 0 Å². The van der Waals surface area contributed by atoms with Gasteiger partial charge in [-0.25, -0.2) is 0 Å². The highest BCUT2D eigenvalue weighted by molar-refractivity contribution is 5.95. The van der Waals surface area contributed by atoms with Gasteiger partial charge in [-0.05, 0) is 60.2 Å². The first kappa shape index (κ1) is 15.6. The standard InChI is InChI=1S/C24H21N/c1-18-16-22(21-10-6-3-7-11-21)23-17-20(14-15-24(23)25-18)13-12-19-8-4-2-5-9-19/h2-11,14-17H,12-13H2,1H3. The fourth-order valence-electron chi connectivity index (χ4n) is 3.35. The maximum atomic E-state index is 4.72. The van der Waals surface area contributed by atoms with E-state index in [-0.39, 0.29) is 0 Å². The summed E-state index contributed by atoms with van der Waals surface area (Å²) in [4.78, 5) is 4.72. The van der Waals surface area contributed by atoms with E-state index >= 15 is 0 Å². The molecule has 1 nitrogen and oxygen atoms in total. The van der Waals surface area contributed by atoms with Crippen molar-refractivity contribution in [2.45, 2.75) is 19.8 Å². The Kier molecular flexibility index (Phi) is 4.30. The molecule has 0 saturated carbocycles. The lowest BCUT2D eigenvalue weighted by molar-refractivity contribution is 0.962. The third kappa shape index (κ3) is 3.46. The Labute approximate surface area is 149 Å². The number of fused-ring (bicyclic) bond motifs is 1. The number of rotatable bonds is 4. The van der Waals surface area contributed by atoms with Gasteiger partial charge in [-0.15, -0.1) is 0 Å². The second kappa shape index (κ2) is 6.90. The lowest BCUT2D eigenvalue weighted by atomic mass is 9.97. The number of pyridine rings is 1. The number of nitrogens with zero attached hydrogens (tertiary/aromatic N) is 1. The minimum absolute atomic E-state index is 1.04. The van der Waals surface area contributed by atoms with E-state index < -0.39 is 0 Å². The van der Waals surface area contributed by atoms with E-state index in [0.717, 1.165) is 24.1 Å². The monoisotopic (exact) mass is 323 g/mol. The van der Waals surface area contributed by atoms with E-state index in [1.807, 2.05) is 0 Å². The van der Waals surface area contributed by atoms with Crippen LogP contribution in [0.1, 0.15) is 16.8 Å². The first-order valence-electron chi connectivity index (χ1n) is 8.79. The quantitative estimate of drug-likeness (QED) is 0.449. The van der Waals surface area contributed by atoms with Crippen molar-refractivity contribution in [2.24, 2.45) is 0 Å². The highest BCUT2D eigenvalue weighted by Gasteiger charge is 2.07. The van der Waals surface area contributed by atoms with Crippen molar-refractivity contribution in [3.63, 3.8) is 0 Å². The molecule has 0 aliphatic heterocycles. The number of aromatic nitrogens is 1. The second-order valence-electron chi connectivity index (χ2n) is 6.51. The second-order valence-corrected chi connectivity index (χ2v) is 6.51. The van der Waals surface area contributed by atoms with Gasteiger partial charge >= 0.3 is 0 Å². The molecule has 0 spiro atoms. The fourth-order valence-corrected chi connectivity index (χ4v) is 3.35. The van der Waals surface area contributed by atoms with Gasteiger partial charge < -0.3 is 0 Å². The van der Waals surface area contributed by atoms with Crippen molar-refractivity contribution in [1.82, 2.24) is 4.98 Å². The Morgan fingerprint density at radius 1 is 0.680 bits per heavy atom. The highest BCUT2D eigenvalue weighted by atomic mass is 14.7. The van der Waals surface area contributed by atoms with E-state index in [9.17, 15) is 0 Å². The molecule has 1 aromatic heterocycles. The SMILES string of the molecule is Cc1cc(-c2ccccc2)c2cc(CCc3ccccc3)ccc2n1. The highest BCUT2D eigenvalue weighted by Crippen LogP contribution is 2.29. The number of hydrogen-bond donors (Lipinski definition) is 0. The molecule has 0 atom stereocenters. The number of hydrogen-bond acceptors (Lipinski definition) is 1. The van der Waals surface area contributed by atoms with Crippen molar-refractivity contribution in [1.29, 1.82) is 0 Å². The first-order valence-corrected chi connectivity index (χ1v) is 8.79. The molecule has 4 aromatic rings. The summed E-state index contributed by atoms with van der Waals surface area (Å²) in [6.07, 6.45) is 2.11. The summed E-state index contributed by atoms with van der Waals surface area (Å²) in [5.41, 5.74) is 7.39. The minimum Gasteiger partial charge on any atom is -0.253 e. The molecule has 0 aliphatic carbocycles. The molecule has 0 amide bonds. The van der Waals surface area contributed by atoms with E-state index in [1.54, 1.807) is 0 Å². The zero-order chi connectivity index (χ0) is 17.1.